The Morgan fingerprint density at radius 2 is 1.94 bits per heavy atom. The second-order valence-corrected chi connectivity index (χ2v) is 4.63. The molecule has 1 N–H and O–H groups in total. The first-order valence-electron chi connectivity index (χ1n) is 4.58. The minimum Gasteiger partial charge on any atom is -0.282 e. The highest BCUT2D eigenvalue weighted by molar-refractivity contribution is 7.85. The van der Waals surface area contributed by atoms with Crippen LogP contribution in [0.4, 0.5) is 0 Å². The highest BCUT2D eigenvalue weighted by Crippen LogP contribution is 2.16. The molecule has 0 heterocycles. The normalized spacial score (nSPS) is 11.3. The zero-order valence-corrected chi connectivity index (χ0v) is 9.18. The fourth-order valence-corrected chi connectivity index (χ4v) is 2.11. The Kier molecular flexibility index (Phi) is 3.97. The maximum Gasteiger partial charge on any atom is 0.294 e. The molecule has 0 saturated carbocycles. The van der Waals surface area contributed by atoms with Gasteiger partial charge in [-0.3, -0.25) is 14.7 Å². The number of nitro groups is 1. The number of nitrogens with zero attached hydrogens (tertiary/aromatic N) is 1. The summed E-state index contributed by atoms with van der Waals surface area (Å²) in [5.74, 6) is 0. The van der Waals surface area contributed by atoms with E-state index >= 15 is 0 Å². The molecule has 1 aromatic rings. The van der Waals surface area contributed by atoms with Gasteiger partial charge >= 0.3 is 0 Å². The third-order valence-corrected chi connectivity index (χ3v) is 2.99. The summed E-state index contributed by atoms with van der Waals surface area (Å²) in [5, 5.41) is 10.1. The standard InChI is InChI=1S/C9H11NO5S/c11-10(12)7-3-5-8-4-1-2-6-9(8)16(13,14)15/h1-2,4,6H,3,5,7H2,(H,13,14,15). The topological polar surface area (TPSA) is 97.5 Å². The van der Waals surface area contributed by atoms with Crippen LogP contribution in [0, 0.1) is 10.1 Å². The van der Waals surface area contributed by atoms with Gasteiger partial charge in [0.25, 0.3) is 10.1 Å². The second kappa shape index (κ2) is 5.04. The molecule has 88 valence electrons. The van der Waals surface area contributed by atoms with Gasteiger partial charge in [-0.05, 0) is 18.1 Å². The van der Waals surface area contributed by atoms with Crippen LogP contribution >= 0.6 is 0 Å². The van der Waals surface area contributed by atoms with Crippen molar-refractivity contribution >= 4 is 10.1 Å². The van der Waals surface area contributed by atoms with Gasteiger partial charge in [-0.25, -0.2) is 0 Å². The van der Waals surface area contributed by atoms with E-state index in [0.29, 0.717) is 5.56 Å². The average molecular weight is 245 g/mol. The Morgan fingerprint density at radius 3 is 2.50 bits per heavy atom. The van der Waals surface area contributed by atoms with Gasteiger partial charge in [-0.2, -0.15) is 8.42 Å². The Balaban J connectivity index is 2.84. The third kappa shape index (κ3) is 3.59. The van der Waals surface area contributed by atoms with Crippen LogP contribution < -0.4 is 0 Å². The molecule has 7 heteroatoms. The summed E-state index contributed by atoms with van der Waals surface area (Å²) in [6.07, 6.45) is 0.483. The van der Waals surface area contributed by atoms with E-state index in [1.54, 1.807) is 6.07 Å². The van der Waals surface area contributed by atoms with Crippen LogP contribution in [0.15, 0.2) is 29.2 Å². The number of aryl methyl sites for hydroxylation is 1. The largest absolute Gasteiger partial charge is 0.294 e. The lowest BCUT2D eigenvalue weighted by molar-refractivity contribution is -0.480. The van der Waals surface area contributed by atoms with Crippen LogP contribution in [0.2, 0.25) is 0 Å². The molecule has 0 aromatic heterocycles. The molecule has 0 aliphatic heterocycles. The molecule has 1 rings (SSSR count). The Bertz CT molecular complexity index is 482. The van der Waals surface area contributed by atoms with E-state index in [0.717, 1.165) is 0 Å². The van der Waals surface area contributed by atoms with Crippen molar-refractivity contribution in [2.45, 2.75) is 17.7 Å². The lowest BCUT2D eigenvalue weighted by Gasteiger charge is -2.04. The summed E-state index contributed by atoms with van der Waals surface area (Å²) in [5.41, 5.74) is 0.395. The van der Waals surface area contributed by atoms with Gasteiger partial charge in [-0.15, -0.1) is 0 Å². The van der Waals surface area contributed by atoms with Crippen molar-refractivity contribution in [2.75, 3.05) is 6.54 Å². The van der Waals surface area contributed by atoms with E-state index in [9.17, 15) is 18.5 Å². The fourth-order valence-electron chi connectivity index (χ4n) is 1.36. The monoisotopic (exact) mass is 245 g/mol. The summed E-state index contributed by atoms with van der Waals surface area (Å²) in [7, 11) is -4.25. The zero-order valence-electron chi connectivity index (χ0n) is 8.37. The maximum absolute atomic E-state index is 11.0. The lowest BCUT2D eigenvalue weighted by Crippen LogP contribution is -2.06. The van der Waals surface area contributed by atoms with Crippen molar-refractivity contribution in [1.82, 2.24) is 0 Å². The van der Waals surface area contributed by atoms with Gasteiger partial charge in [0.1, 0.15) is 0 Å². The van der Waals surface area contributed by atoms with Crippen molar-refractivity contribution in [2.24, 2.45) is 0 Å². The van der Waals surface area contributed by atoms with Crippen molar-refractivity contribution in [1.29, 1.82) is 0 Å². The van der Waals surface area contributed by atoms with Crippen molar-refractivity contribution in [3.05, 3.63) is 39.9 Å². The SMILES string of the molecule is O=[N+]([O-])CCCc1ccccc1S(=O)(=O)O. The van der Waals surface area contributed by atoms with Gasteiger partial charge in [0.2, 0.25) is 6.54 Å². The predicted molar refractivity (Wildman–Crippen MR) is 56.4 cm³/mol. The van der Waals surface area contributed by atoms with Gasteiger partial charge < -0.3 is 0 Å². The van der Waals surface area contributed by atoms with Crippen LogP contribution in [-0.4, -0.2) is 24.4 Å². The van der Waals surface area contributed by atoms with Crippen LogP contribution in [0.5, 0.6) is 0 Å². The fraction of sp³-hybridized carbons (Fsp3) is 0.333. The van der Waals surface area contributed by atoms with E-state index in [1.165, 1.54) is 18.2 Å². The summed E-state index contributed by atoms with van der Waals surface area (Å²) in [4.78, 5) is 9.46. The summed E-state index contributed by atoms with van der Waals surface area (Å²) >= 11 is 0. The number of rotatable bonds is 5. The smallest absolute Gasteiger partial charge is 0.282 e. The molecule has 16 heavy (non-hydrogen) atoms. The highest BCUT2D eigenvalue weighted by atomic mass is 32.2. The van der Waals surface area contributed by atoms with Crippen molar-refractivity contribution < 1.29 is 17.9 Å². The summed E-state index contributed by atoms with van der Waals surface area (Å²) in [6, 6.07) is 5.91. The maximum atomic E-state index is 11.0. The highest BCUT2D eigenvalue weighted by Gasteiger charge is 2.14. The van der Waals surface area contributed by atoms with Crippen LogP contribution in [-0.2, 0) is 16.5 Å². The molecule has 0 radical (unpaired) electrons. The van der Waals surface area contributed by atoms with E-state index in [-0.39, 0.29) is 24.3 Å². The molecular weight excluding hydrogens is 234 g/mol. The van der Waals surface area contributed by atoms with Gasteiger partial charge in [0, 0.05) is 11.3 Å². The van der Waals surface area contributed by atoms with E-state index in [1.807, 2.05) is 0 Å². The number of hydrogen-bond acceptors (Lipinski definition) is 4. The van der Waals surface area contributed by atoms with Crippen molar-refractivity contribution in [3.8, 4) is 0 Å². The third-order valence-electron chi connectivity index (χ3n) is 2.04. The summed E-state index contributed by atoms with van der Waals surface area (Å²) < 4.78 is 30.9. The predicted octanol–water partition coefficient (Wildman–Crippen LogP) is 1.14. The minimum atomic E-state index is -4.25. The van der Waals surface area contributed by atoms with E-state index in [4.69, 9.17) is 4.55 Å². The molecule has 0 fully saturated rings. The lowest BCUT2D eigenvalue weighted by atomic mass is 10.1. The van der Waals surface area contributed by atoms with Crippen LogP contribution in [0.1, 0.15) is 12.0 Å². The van der Waals surface area contributed by atoms with Crippen molar-refractivity contribution in [3.63, 3.8) is 0 Å². The van der Waals surface area contributed by atoms with Crippen LogP contribution in [0.3, 0.4) is 0 Å². The number of benzene rings is 1. The molecule has 0 amide bonds. The molecule has 0 unspecified atom stereocenters. The number of hydrogen-bond donors (Lipinski definition) is 1. The van der Waals surface area contributed by atoms with Gasteiger partial charge in [-0.1, -0.05) is 18.2 Å². The minimum absolute atomic E-state index is 0.182. The first-order valence-corrected chi connectivity index (χ1v) is 6.02. The van der Waals surface area contributed by atoms with Crippen LogP contribution in [0.25, 0.3) is 0 Å². The molecule has 0 bridgehead atoms. The van der Waals surface area contributed by atoms with E-state index in [2.05, 4.69) is 0 Å². The molecule has 0 aliphatic rings. The molecule has 0 spiro atoms. The first-order chi connectivity index (χ1) is 7.41. The Hall–Kier alpha value is -1.47. The first kappa shape index (κ1) is 12.6. The molecule has 6 nitrogen and oxygen atoms in total. The molecule has 0 atom stereocenters. The van der Waals surface area contributed by atoms with E-state index < -0.39 is 15.0 Å². The second-order valence-electron chi connectivity index (χ2n) is 3.24. The van der Waals surface area contributed by atoms with Gasteiger partial charge in [0.15, 0.2) is 0 Å². The molecular formula is C9H11NO5S. The zero-order chi connectivity index (χ0) is 12.2. The summed E-state index contributed by atoms with van der Waals surface area (Å²) in [6.45, 7) is -0.222. The quantitative estimate of drug-likeness (QED) is 0.476. The van der Waals surface area contributed by atoms with Gasteiger partial charge in [0.05, 0.1) is 4.90 Å². The Morgan fingerprint density at radius 1 is 1.31 bits per heavy atom. The Labute approximate surface area is 92.8 Å². The molecule has 0 saturated heterocycles. The average Bonchev–Trinajstić information content (AvgIpc) is 2.16. The molecule has 1 aromatic carbocycles. The molecule has 0 aliphatic carbocycles.